The van der Waals surface area contributed by atoms with Gasteiger partial charge >= 0.3 is 17.9 Å². The zero-order chi connectivity index (χ0) is 25.1. The van der Waals surface area contributed by atoms with Gasteiger partial charge in [-0.05, 0) is 68.8 Å². The molecule has 0 saturated heterocycles. The van der Waals surface area contributed by atoms with Crippen molar-refractivity contribution in [2.24, 2.45) is 0 Å². The quantitative estimate of drug-likeness (QED) is 0.224. The van der Waals surface area contributed by atoms with Gasteiger partial charge in [-0.15, -0.1) is 0 Å². The Bertz CT molecular complexity index is 1180. The molecule has 2 aromatic rings. The van der Waals surface area contributed by atoms with E-state index >= 15 is 0 Å². The van der Waals surface area contributed by atoms with Crippen LogP contribution in [0.15, 0.2) is 85.0 Å². The van der Waals surface area contributed by atoms with Crippen molar-refractivity contribution in [2.75, 3.05) is 0 Å². The molecule has 34 heavy (non-hydrogen) atoms. The summed E-state index contributed by atoms with van der Waals surface area (Å²) in [7, 11) is 0. The van der Waals surface area contributed by atoms with E-state index in [9.17, 15) is 19.2 Å². The molecule has 0 saturated carbocycles. The Balaban J connectivity index is 2.20. The molecule has 7 nitrogen and oxygen atoms in total. The van der Waals surface area contributed by atoms with Crippen molar-refractivity contribution in [3.8, 4) is 17.2 Å². The molecule has 0 aliphatic rings. The zero-order valence-electron chi connectivity index (χ0n) is 19.1. The summed E-state index contributed by atoms with van der Waals surface area (Å²) in [6.07, 6.45) is 8.36. The van der Waals surface area contributed by atoms with Crippen LogP contribution >= 0.6 is 0 Å². The van der Waals surface area contributed by atoms with E-state index in [1.807, 2.05) is 0 Å². The highest BCUT2D eigenvalue weighted by molar-refractivity contribution is 6.07. The van der Waals surface area contributed by atoms with Gasteiger partial charge in [0.25, 0.3) is 0 Å². The SMILES string of the molecule is C=C(C)C(=O)Oc1ccc(C(=O)C=Cc2ccc(OC(=O)C=CC)c(OC(=O)C=CC)c2)cc1. The second-order valence-electron chi connectivity index (χ2n) is 6.94. The number of benzene rings is 2. The first-order valence-corrected chi connectivity index (χ1v) is 10.3. The minimum atomic E-state index is -0.643. The van der Waals surface area contributed by atoms with Crippen LogP contribution in [0, 0.1) is 0 Å². The Morgan fingerprint density at radius 2 is 1.35 bits per heavy atom. The molecule has 0 N–H and O–H groups in total. The fourth-order valence-corrected chi connectivity index (χ4v) is 2.50. The first-order chi connectivity index (χ1) is 16.2. The largest absolute Gasteiger partial charge is 0.423 e. The van der Waals surface area contributed by atoms with Gasteiger partial charge in [-0.25, -0.2) is 14.4 Å². The normalized spacial score (nSPS) is 11.0. The number of ether oxygens (including phenoxy) is 3. The summed E-state index contributed by atoms with van der Waals surface area (Å²) in [5.41, 5.74) is 1.18. The maximum Gasteiger partial charge on any atom is 0.338 e. The molecule has 0 radical (unpaired) electrons. The summed E-state index contributed by atoms with van der Waals surface area (Å²) in [6.45, 7) is 8.38. The summed E-state index contributed by atoms with van der Waals surface area (Å²) in [5, 5.41) is 0. The van der Waals surface area contributed by atoms with Crippen LogP contribution in [0.3, 0.4) is 0 Å². The van der Waals surface area contributed by atoms with Crippen LogP contribution in [0.1, 0.15) is 36.7 Å². The second kappa shape index (κ2) is 12.5. The van der Waals surface area contributed by atoms with Crippen LogP contribution in [0.2, 0.25) is 0 Å². The average Bonchev–Trinajstić information content (AvgIpc) is 2.79. The number of esters is 3. The van der Waals surface area contributed by atoms with Gasteiger partial charge in [0.2, 0.25) is 0 Å². The molecule has 7 heteroatoms. The van der Waals surface area contributed by atoms with E-state index in [1.165, 1.54) is 79.8 Å². The monoisotopic (exact) mass is 460 g/mol. The fourth-order valence-electron chi connectivity index (χ4n) is 2.50. The lowest BCUT2D eigenvalue weighted by molar-refractivity contribution is -0.131. The lowest BCUT2D eigenvalue weighted by Gasteiger charge is -2.09. The highest BCUT2D eigenvalue weighted by Gasteiger charge is 2.13. The number of allylic oxidation sites excluding steroid dienone is 3. The number of ketones is 1. The van der Waals surface area contributed by atoms with E-state index in [0.29, 0.717) is 16.9 Å². The van der Waals surface area contributed by atoms with E-state index < -0.39 is 17.9 Å². The maximum atomic E-state index is 12.5. The van der Waals surface area contributed by atoms with Gasteiger partial charge in [-0.2, -0.15) is 0 Å². The van der Waals surface area contributed by atoms with Crippen molar-refractivity contribution in [1.29, 1.82) is 0 Å². The summed E-state index contributed by atoms with van der Waals surface area (Å²) in [4.78, 5) is 47.8. The van der Waals surface area contributed by atoms with E-state index in [-0.39, 0.29) is 22.9 Å². The Morgan fingerprint density at radius 1 is 0.765 bits per heavy atom. The second-order valence-corrected chi connectivity index (χ2v) is 6.94. The standard InChI is InChI=1S/C27H24O7/c1-5-7-25(29)33-23-16-10-19(17-24(23)34-26(30)8-6-2)9-15-22(28)20-11-13-21(14-12-20)32-27(31)18(3)4/h5-17H,3H2,1-2,4H3. The van der Waals surface area contributed by atoms with Crippen LogP contribution in [-0.4, -0.2) is 23.7 Å². The molecule has 2 rings (SSSR count). The summed E-state index contributed by atoms with van der Waals surface area (Å²) < 4.78 is 15.6. The highest BCUT2D eigenvalue weighted by Crippen LogP contribution is 2.29. The molecular weight excluding hydrogens is 436 g/mol. The first-order valence-electron chi connectivity index (χ1n) is 10.3. The molecule has 0 heterocycles. The summed E-state index contributed by atoms with van der Waals surface area (Å²) in [5.74, 6) is -1.73. The summed E-state index contributed by atoms with van der Waals surface area (Å²) in [6, 6.07) is 10.6. The molecule has 0 fully saturated rings. The molecular formula is C27H24O7. The van der Waals surface area contributed by atoms with Crippen LogP contribution in [0.5, 0.6) is 17.2 Å². The molecule has 0 aliphatic carbocycles. The minimum Gasteiger partial charge on any atom is -0.423 e. The van der Waals surface area contributed by atoms with E-state index in [0.717, 1.165) is 0 Å². The van der Waals surface area contributed by atoms with E-state index in [1.54, 1.807) is 19.9 Å². The van der Waals surface area contributed by atoms with E-state index in [2.05, 4.69) is 6.58 Å². The van der Waals surface area contributed by atoms with Crippen molar-refractivity contribution in [1.82, 2.24) is 0 Å². The van der Waals surface area contributed by atoms with Crippen molar-refractivity contribution >= 4 is 29.8 Å². The molecule has 174 valence electrons. The molecule has 0 aliphatic heterocycles. The van der Waals surface area contributed by atoms with Crippen molar-refractivity contribution < 1.29 is 33.4 Å². The van der Waals surface area contributed by atoms with Crippen LogP contribution in [0.25, 0.3) is 6.08 Å². The first kappa shape index (κ1) is 25.7. The number of hydrogen-bond donors (Lipinski definition) is 0. The van der Waals surface area contributed by atoms with Crippen molar-refractivity contribution in [3.05, 3.63) is 96.1 Å². The van der Waals surface area contributed by atoms with Crippen molar-refractivity contribution in [2.45, 2.75) is 20.8 Å². The Kier molecular flexibility index (Phi) is 9.46. The van der Waals surface area contributed by atoms with Crippen LogP contribution < -0.4 is 14.2 Å². The van der Waals surface area contributed by atoms with Gasteiger partial charge in [-0.1, -0.05) is 30.9 Å². The minimum absolute atomic E-state index is 0.0271. The molecule has 0 aromatic heterocycles. The van der Waals surface area contributed by atoms with Gasteiger partial charge < -0.3 is 14.2 Å². The fraction of sp³-hybridized carbons (Fsp3) is 0.111. The van der Waals surface area contributed by atoms with Crippen molar-refractivity contribution in [3.63, 3.8) is 0 Å². The van der Waals surface area contributed by atoms with Gasteiger partial charge in [0, 0.05) is 23.3 Å². The predicted octanol–water partition coefficient (Wildman–Crippen LogP) is 5.03. The average molecular weight is 460 g/mol. The third-order valence-corrected chi connectivity index (χ3v) is 4.12. The number of rotatable bonds is 9. The van der Waals surface area contributed by atoms with Crippen LogP contribution in [-0.2, 0) is 14.4 Å². The lowest BCUT2D eigenvalue weighted by Crippen LogP contribution is -2.09. The molecule has 0 bridgehead atoms. The summed E-state index contributed by atoms with van der Waals surface area (Å²) >= 11 is 0. The highest BCUT2D eigenvalue weighted by atomic mass is 16.6. The molecule has 0 unspecified atom stereocenters. The maximum absolute atomic E-state index is 12.5. The number of carbonyl (C=O) groups excluding carboxylic acids is 4. The van der Waals surface area contributed by atoms with Gasteiger partial charge in [-0.3, -0.25) is 4.79 Å². The third kappa shape index (κ3) is 7.87. The zero-order valence-corrected chi connectivity index (χ0v) is 19.1. The predicted molar refractivity (Wildman–Crippen MR) is 128 cm³/mol. The molecule has 0 atom stereocenters. The Morgan fingerprint density at radius 3 is 1.91 bits per heavy atom. The topological polar surface area (TPSA) is 96.0 Å². The molecule has 0 spiro atoms. The third-order valence-electron chi connectivity index (χ3n) is 4.12. The van der Waals surface area contributed by atoms with Crippen LogP contribution in [0.4, 0.5) is 0 Å². The Labute approximate surface area is 197 Å². The van der Waals surface area contributed by atoms with Gasteiger partial charge in [0.05, 0.1) is 0 Å². The number of carbonyl (C=O) groups is 4. The lowest BCUT2D eigenvalue weighted by atomic mass is 10.1. The molecule has 2 aromatic carbocycles. The molecule has 0 amide bonds. The van der Waals surface area contributed by atoms with Gasteiger partial charge in [0.15, 0.2) is 17.3 Å². The van der Waals surface area contributed by atoms with Gasteiger partial charge in [0.1, 0.15) is 5.75 Å². The number of hydrogen-bond acceptors (Lipinski definition) is 7. The van der Waals surface area contributed by atoms with E-state index in [4.69, 9.17) is 14.2 Å². The Hall–Kier alpha value is -4.52. The smallest absolute Gasteiger partial charge is 0.338 e.